The lowest BCUT2D eigenvalue weighted by Gasteiger charge is -2.09. The first-order chi connectivity index (χ1) is 8.43. The number of rotatable bonds is 5. The summed E-state index contributed by atoms with van der Waals surface area (Å²) >= 11 is 0. The molecule has 1 rings (SSSR count). The van der Waals surface area contributed by atoms with Crippen LogP contribution in [0.1, 0.15) is 12.5 Å². The molecule has 0 heterocycles. The van der Waals surface area contributed by atoms with Crippen molar-refractivity contribution in [2.24, 2.45) is 0 Å². The maximum absolute atomic E-state index is 12.3. The Balaban J connectivity index is 2.47. The van der Waals surface area contributed by atoms with E-state index in [9.17, 15) is 18.0 Å². The van der Waals surface area contributed by atoms with Crippen LogP contribution in [-0.4, -0.2) is 19.1 Å². The lowest BCUT2D eigenvalue weighted by atomic mass is 10.2. The summed E-state index contributed by atoms with van der Waals surface area (Å²) in [6.45, 7) is 1.67. The summed E-state index contributed by atoms with van der Waals surface area (Å²) in [5.41, 5.74) is 1.32. The molecule has 0 bridgehead atoms. The van der Waals surface area contributed by atoms with Crippen molar-refractivity contribution in [3.05, 3.63) is 29.8 Å². The van der Waals surface area contributed by atoms with Gasteiger partial charge in [0, 0.05) is 0 Å². The van der Waals surface area contributed by atoms with Crippen LogP contribution in [-0.2, 0) is 15.8 Å². The van der Waals surface area contributed by atoms with Crippen molar-refractivity contribution in [1.29, 1.82) is 0 Å². The van der Waals surface area contributed by atoms with Gasteiger partial charge in [-0.1, -0.05) is 0 Å². The van der Waals surface area contributed by atoms with Crippen molar-refractivity contribution < 1.29 is 27.5 Å². The van der Waals surface area contributed by atoms with Crippen LogP contribution in [0.5, 0.6) is 5.75 Å². The molecule has 0 unspecified atom stereocenters. The van der Waals surface area contributed by atoms with Crippen LogP contribution in [0.3, 0.4) is 0 Å². The molecular weight excluding hydrogens is 251 g/mol. The monoisotopic (exact) mass is 263 g/mol. The van der Waals surface area contributed by atoms with Crippen LogP contribution in [0.15, 0.2) is 24.3 Å². The fraction of sp³-hybridized carbons (Fsp3) is 0.364. The Labute approximate surface area is 102 Å². The van der Waals surface area contributed by atoms with Crippen molar-refractivity contribution in [1.82, 2.24) is 5.48 Å². The third-order valence-electron chi connectivity index (χ3n) is 1.88. The number of carbonyl (C=O) groups is 1. The highest BCUT2D eigenvalue weighted by molar-refractivity contribution is 5.76. The molecule has 0 aromatic heterocycles. The fourth-order valence-corrected chi connectivity index (χ4v) is 1.07. The molecule has 0 aliphatic carbocycles. The Morgan fingerprint density at radius 3 is 2.39 bits per heavy atom. The summed E-state index contributed by atoms with van der Waals surface area (Å²) in [5, 5.41) is 0. The molecule has 18 heavy (non-hydrogen) atoms. The van der Waals surface area contributed by atoms with Gasteiger partial charge in [0.1, 0.15) is 5.75 Å². The first-order valence-corrected chi connectivity index (χ1v) is 5.14. The summed E-state index contributed by atoms with van der Waals surface area (Å²) in [6.07, 6.45) is -4.38. The SMILES string of the molecule is CCONC(=O)COc1ccc(C(F)(F)F)cc1. The molecule has 1 aromatic carbocycles. The van der Waals surface area contributed by atoms with Crippen LogP contribution >= 0.6 is 0 Å². The number of halogens is 3. The number of hydrogen-bond donors (Lipinski definition) is 1. The number of hydrogen-bond acceptors (Lipinski definition) is 3. The Morgan fingerprint density at radius 1 is 1.28 bits per heavy atom. The molecule has 0 aliphatic rings. The third kappa shape index (κ3) is 4.62. The standard InChI is InChI=1S/C11H12F3NO3/c1-2-18-15-10(16)7-17-9-5-3-8(4-6-9)11(12,13)14/h3-6H,2,7H2,1H3,(H,15,16). The molecule has 0 fully saturated rings. The molecule has 0 saturated carbocycles. The van der Waals surface area contributed by atoms with E-state index in [-0.39, 0.29) is 12.4 Å². The zero-order valence-corrected chi connectivity index (χ0v) is 9.58. The quantitative estimate of drug-likeness (QED) is 0.828. The predicted molar refractivity (Wildman–Crippen MR) is 56.7 cm³/mol. The van der Waals surface area contributed by atoms with Gasteiger partial charge in [-0.2, -0.15) is 13.2 Å². The Bertz CT molecular complexity index is 390. The van der Waals surface area contributed by atoms with Gasteiger partial charge in [0.05, 0.1) is 12.2 Å². The van der Waals surface area contributed by atoms with Gasteiger partial charge in [0.25, 0.3) is 5.91 Å². The number of alkyl halides is 3. The van der Waals surface area contributed by atoms with E-state index in [0.717, 1.165) is 24.3 Å². The topological polar surface area (TPSA) is 47.6 Å². The summed E-state index contributed by atoms with van der Waals surface area (Å²) in [5.74, 6) is -0.341. The van der Waals surface area contributed by atoms with E-state index in [1.807, 2.05) is 0 Å². The Kier molecular flexibility index (Phi) is 4.96. The van der Waals surface area contributed by atoms with Gasteiger partial charge < -0.3 is 4.74 Å². The average molecular weight is 263 g/mol. The van der Waals surface area contributed by atoms with Crippen LogP contribution in [0.2, 0.25) is 0 Å². The van der Waals surface area contributed by atoms with E-state index in [2.05, 4.69) is 10.3 Å². The second kappa shape index (κ2) is 6.25. The van der Waals surface area contributed by atoms with Gasteiger partial charge in [0.15, 0.2) is 6.61 Å². The second-order valence-corrected chi connectivity index (χ2v) is 3.27. The molecule has 1 aromatic rings. The highest BCUT2D eigenvalue weighted by Crippen LogP contribution is 2.30. The normalized spacial score (nSPS) is 11.1. The minimum atomic E-state index is -4.38. The lowest BCUT2D eigenvalue weighted by Crippen LogP contribution is -2.28. The molecule has 1 N–H and O–H groups in total. The summed E-state index contributed by atoms with van der Waals surface area (Å²) in [7, 11) is 0. The first kappa shape index (κ1) is 14.3. The number of carbonyl (C=O) groups excluding carboxylic acids is 1. The summed E-state index contributed by atoms with van der Waals surface area (Å²) in [6, 6.07) is 4.07. The number of amides is 1. The van der Waals surface area contributed by atoms with E-state index >= 15 is 0 Å². The van der Waals surface area contributed by atoms with Crippen LogP contribution < -0.4 is 10.2 Å². The smallest absolute Gasteiger partial charge is 0.416 e. The van der Waals surface area contributed by atoms with Crippen molar-refractivity contribution in [3.63, 3.8) is 0 Å². The maximum Gasteiger partial charge on any atom is 0.416 e. The average Bonchev–Trinajstić information content (AvgIpc) is 2.33. The van der Waals surface area contributed by atoms with E-state index in [0.29, 0.717) is 6.61 Å². The lowest BCUT2D eigenvalue weighted by molar-refractivity contribution is -0.138. The third-order valence-corrected chi connectivity index (χ3v) is 1.88. The Hall–Kier alpha value is -1.76. The number of benzene rings is 1. The van der Waals surface area contributed by atoms with Crippen LogP contribution in [0, 0.1) is 0 Å². The minimum absolute atomic E-state index is 0.176. The van der Waals surface area contributed by atoms with Crippen molar-refractivity contribution in [3.8, 4) is 5.75 Å². The molecule has 0 radical (unpaired) electrons. The van der Waals surface area contributed by atoms with Gasteiger partial charge in [-0.25, -0.2) is 5.48 Å². The largest absolute Gasteiger partial charge is 0.484 e. The molecular formula is C11H12F3NO3. The number of hydroxylamine groups is 1. The summed E-state index contributed by atoms with van der Waals surface area (Å²) < 4.78 is 41.7. The molecule has 0 saturated heterocycles. The van der Waals surface area contributed by atoms with Gasteiger partial charge in [-0.3, -0.25) is 9.63 Å². The Morgan fingerprint density at radius 2 is 1.89 bits per heavy atom. The van der Waals surface area contributed by atoms with Crippen molar-refractivity contribution in [2.45, 2.75) is 13.1 Å². The van der Waals surface area contributed by atoms with E-state index in [1.54, 1.807) is 6.92 Å². The van der Waals surface area contributed by atoms with Crippen LogP contribution in [0.4, 0.5) is 13.2 Å². The van der Waals surface area contributed by atoms with Crippen molar-refractivity contribution in [2.75, 3.05) is 13.2 Å². The van der Waals surface area contributed by atoms with Gasteiger partial charge >= 0.3 is 6.18 Å². The zero-order valence-electron chi connectivity index (χ0n) is 9.58. The molecule has 100 valence electrons. The van der Waals surface area contributed by atoms with Crippen molar-refractivity contribution >= 4 is 5.91 Å². The number of ether oxygens (including phenoxy) is 1. The van der Waals surface area contributed by atoms with Crippen LogP contribution in [0.25, 0.3) is 0 Å². The minimum Gasteiger partial charge on any atom is -0.484 e. The molecule has 1 amide bonds. The van der Waals surface area contributed by atoms with Gasteiger partial charge in [-0.15, -0.1) is 0 Å². The molecule has 4 nitrogen and oxygen atoms in total. The van der Waals surface area contributed by atoms with E-state index < -0.39 is 17.6 Å². The highest BCUT2D eigenvalue weighted by Gasteiger charge is 2.29. The fourth-order valence-electron chi connectivity index (χ4n) is 1.07. The zero-order chi connectivity index (χ0) is 13.6. The predicted octanol–water partition coefficient (Wildman–Crippen LogP) is 2.15. The maximum atomic E-state index is 12.3. The number of nitrogens with one attached hydrogen (secondary N) is 1. The molecule has 0 atom stereocenters. The summed E-state index contributed by atoms with van der Waals surface area (Å²) in [4.78, 5) is 15.7. The first-order valence-electron chi connectivity index (χ1n) is 5.14. The molecule has 7 heteroatoms. The molecule has 0 spiro atoms. The van der Waals surface area contributed by atoms with E-state index in [4.69, 9.17) is 4.74 Å². The molecule has 0 aliphatic heterocycles. The van der Waals surface area contributed by atoms with E-state index in [1.165, 1.54) is 0 Å². The van der Waals surface area contributed by atoms with Gasteiger partial charge in [0.2, 0.25) is 0 Å². The highest BCUT2D eigenvalue weighted by atomic mass is 19.4. The second-order valence-electron chi connectivity index (χ2n) is 3.27. The van der Waals surface area contributed by atoms with Gasteiger partial charge in [-0.05, 0) is 31.2 Å².